The number of carbonyl (C=O) groups is 3. The lowest BCUT2D eigenvalue weighted by Crippen LogP contribution is -2.49. The summed E-state index contributed by atoms with van der Waals surface area (Å²) >= 11 is 0. The summed E-state index contributed by atoms with van der Waals surface area (Å²) in [6.45, 7) is 15.4. The molecule has 0 spiro atoms. The van der Waals surface area contributed by atoms with E-state index in [1.54, 1.807) is 53.1 Å². The molecule has 16 nitrogen and oxygen atoms in total. The van der Waals surface area contributed by atoms with Crippen molar-refractivity contribution in [3.05, 3.63) is 95.4 Å². The molecule has 2 saturated heterocycles. The summed E-state index contributed by atoms with van der Waals surface area (Å²) in [6.07, 6.45) is 0.386. The van der Waals surface area contributed by atoms with Gasteiger partial charge in [-0.1, -0.05) is 30.3 Å². The Labute approximate surface area is 300 Å². The number of anilines is 1. The van der Waals surface area contributed by atoms with Crippen molar-refractivity contribution in [2.24, 2.45) is 0 Å². The van der Waals surface area contributed by atoms with Crippen LogP contribution in [0.25, 0.3) is 16.0 Å². The van der Waals surface area contributed by atoms with Crippen LogP contribution < -0.4 is 5.32 Å². The summed E-state index contributed by atoms with van der Waals surface area (Å²) in [6, 6.07) is 15.3. The SMILES string of the molecule is [C-]#[N+]CCOP(OC1[C@@H]2OC[C@]1(CON1C(=O)c3ccccc3C1=O)O[C@H]2n1cnc2c(NC(=O)c3ccccc3)ncnc21)N(C(C)C)C(C)C. The molecular weight excluding hydrogens is 691 g/mol. The first-order chi connectivity index (χ1) is 25.1. The molecule has 1 N–H and O–H groups in total. The third-order valence-corrected chi connectivity index (χ3v) is 11.0. The van der Waals surface area contributed by atoms with Crippen LogP contribution >= 0.6 is 8.53 Å². The number of amides is 3. The fraction of sp³-hybridized carbons (Fsp3) is 0.400. The molecule has 52 heavy (non-hydrogen) atoms. The van der Waals surface area contributed by atoms with Crippen molar-refractivity contribution in [2.45, 2.75) is 63.8 Å². The van der Waals surface area contributed by atoms with Crippen LogP contribution in [0.5, 0.6) is 0 Å². The molecule has 2 unspecified atom stereocenters. The van der Waals surface area contributed by atoms with E-state index < -0.39 is 44.4 Å². The number of carbonyl (C=O) groups excluding carboxylic acids is 3. The minimum absolute atomic E-state index is 0.0105. The highest BCUT2D eigenvalue weighted by Gasteiger charge is 2.65. The molecule has 3 aliphatic heterocycles. The van der Waals surface area contributed by atoms with Gasteiger partial charge >= 0.3 is 0 Å². The number of fused-ring (bicyclic) bond motifs is 4. The van der Waals surface area contributed by atoms with Crippen molar-refractivity contribution in [2.75, 3.05) is 31.7 Å². The summed E-state index contributed by atoms with van der Waals surface area (Å²) in [5, 5.41) is 3.56. The number of imidazole rings is 1. The van der Waals surface area contributed by atoms with Crippen LogP contribution in [0.15, 0.2) is 67.3 Å². The molecule has 270 valence electrons. The van der Waals surface area contributed by atoms with E-state index >= 15 is 0 Å². The van der Waals surface area contributed by atoms with E-state index in [9.17, 15) is 14.4 Å². The number of ether oxygens (including phenoxy) is 2. The molecular formula is C35H37N8O8P. The number of imide groups is 1. The lowest BCUT2D eigenvalue weighted by atomic mass is 10.0. The number of aromatic nitrogens is 4. The first-order valence-electron chi connectivity index (χ1n) is 16.8. The highest BCUT2D eigenvalue weighted by Crippen LogP contribution is 2.55. The number of rotatable bonds is 14. The Hall–Kier alpha value is -4.72. The van der Waals surface area contributed by atoms with Gasteiger partial charge in [-0.2, -0.15) is 0 Å². The maximum Gasteiger partial charge on any atom is 0.285 e. The molecule has 2 aromatic heterocycles. The van der Waals surface area contributed by atoms with Gasteiger partial charge in [0.2, 0.25) is 6.54 Å². The van der Waals surface area contributed by atoms with Crippen LogP contribution in [0.3, 0.4) is 0 Å². The quantitative estimate of drug-likeness (QED) is 0.0830. The van der Waals surface area contributed by atoms with Crippen LogP contribution in [0.4, 0.5) is 5.82 Å². The third kappa shape index (κ3) is 6.45. The topological polar surface area (TPSA) is 164 Å². The smallest absolute Gasteiger partial charge is 0.285 e. The van der Waals surface area contributed by atoms with Gasteiger partial charge in [-0.05, 0) is 52.0 Å². The minimum atomic E-state index is -1.77. The van der Waals surface area contributed by atoms with Crippen molar-refractivity contribution in [3.63, 3.8) is 0 Å². The van der Waals surface area contributed by atoms with Gasteiger partial charge < -0.3 is 28.7 Å². The van der Waals surface area contributed by atoms with Crippen LogP contribution in [0.1, 0.15) is 65.0 Å². The van der Waals surface area contributed by atoms with E-state index in [-0.39, 0.29) is 61.3 Å². The number of hydrogen-bond donors (Lipinski definition) is 1. The second-order valence-corrected chi connectivity index (χ2v) is 14.4. The van der Waals surface area contributed by atoms with Gasteiger partial charge in [0.25, 0.3) is 26.2 Å². The molecule has 2 fully saturated rings. The van der Waals surface area contributed by atoms with Crippen LogP contribution in [0.2, 0.25) is 0 Å². The number of nitrogens with zero attached hydrogens (tertiary/aromatic N) is 7. The van der Waals surface area contributed by atoms with E-state index in [1.165, 1.54) is 12.7 Å². The van der Waals surface area contributed by atoms with E-state index in [1.807, 2.05) is 33.8 Å². The predicted octanol–water partition coefficient (Wildman–Crippen LogP) is 4.64. The maximum atomic E-state index is 13.2. The van der Waals surface area contributed by atoms with Crippen LogP contribution in [-0.2, 0) is 23.4 Å². The first kappa shape index (κ1) is 35.7. The zero-order chi connectivity index (χ0) is 36.6. The number of hydroxylamine groups is 2. The normalized spacial score (nSPS) is 22.9. The summed E-state index contributed by atoms with van der Waals surface area (Å²) in [5.74, 6) is -1.33. The maximum absolute atomic E-state index is 13.2. The van der Waals surface area contributed by atoms with E-state index in [0.717, 1.165) is 5.06 Å². The van der Waals surface area contributed by atoms with Gasteiger partial charge in [-0.3, -0.25) is 23.8 Å². The molecule has 3 amide bonds. The highest BCUT2D eigenvalue weighted by molar-refractivity contribution is 7.44. The Bertz CT molecular complexity index is 1980. The van der Waals surface area contributed by atoms with E-state index in [0.29, 0.717) is 16.7 Å². The fourth-order valence-electron chi connectivity index (χ4n) is 6.62. The fourth-order valence-corrected chi connectivity index (χ4v) is 8.42. The molecule has 7 rings (SSSR count). The Morgan fingerprint density at radius 2 is 1.75 bits per heavy atom. The van der Waals surface area contributed by atoms with Crippen molar-refractivity contribution in [1.29, 1.82) is 0 Å². The first-order valence-corrected chi connectivity index (χ1v) is 17.9. The Balaban J connectivity index is 1.21. The van der Waals surface area contributed by atoms with E-state index in [2.05, 4.69) is 29.8 Å². The van der Waals surface area contributed by atoms with Crippen molar-refractivity contribution < 1.29 is 37.7 Å². The molecule has 3 aliphatic rings. The standard InChI is InChI=1S/C35H37N8O8P/c1-21(2)43(22(3)4)52(49-16-15-36-5)51-28-27-34(41-20-39-26-29(37-19-38-30(26)41)40-31(44)23-11-7-6-8-12-23)50-35(28,17-47-27)18-48-42-32(45)24-13-9-10-14-25(24)33(42)46/h6-14,19-22,27-28,34H,15-18H2,1-4H3,(H,37,38,40,44)/t27-,28?,34+,35+,52?/m0/s1. The second-order valence-electron chi connectivity index (χ2n) is 13.0. The summed E-state index contributed by atoms with van der Waals surface area (Å²) < 4.78 is 30.0. The molecule has 17 heteroatoms. The lowest BCUT2D eigenvalue weighted by Gasteiger charge is -2.38. The molecule has 2 aromatic carbocycles. The lowest BCUT2D eigenvalue weighted by molar-refractivity contribution is -0.217. The number of benzene rings is 2. The molecule has 5 atom stereocenters. The van der Waals surface area contributed by atoms with Gasteiger partial charge in [-0.25, -0.2) is 26.2 Å². The molecule has 0 saturated carbocycles. The average Bonchev–Trinajstić information content (AvgIpc) is 3.86. The van der Waals surface area contributed by atoms with Crippen molar-refractivity contribution in [3.8, 4) is 0 Å². The minimum Gasteiger partial charge on any atom is -0.367 e. The molecule has 4 aromatic rings. The molecule has 2 bridgehead atoms. The second kappa shape index (κ2) is 14.7. The van der Waals surface area contributed by atoms with Crippen LogP contribution in [-0.4, -0.2) is 103 Å². The van der Waals surface area contributed by atoms with Gasteiger partial charge in [0.1, 0.15) is 37.4 Å². The Morgan fingerprint density at radius 1 is 1.06 bits per heavy atom. The molecule has 0 aliphatic carbocycles. The number of nitrogens with one attached hydrogen (secondary N) is 1. The summed E-state index contributed by atoms with van der Waals surface area (Å²) in [4.78, 5) is 62.2. The average molecular weight is 729 g/mol. The zero-order valence-corrected chi connectivity index (χ0v) is 29.8. The van der Waals surface area contributed by atoms with E-state index in [4.69, 9.17) is 29.9 Å². The zero-order valence-electron chi connectivity index (χ0n) is 28.9. The molecule has 5 heterocycles. The Morgan fingerprint density at radius 3 is 2.42 bits per heavy atom. The third-order valence-electron chi connectivity index (χ3n) is 8.92. The molecule has 0 radical (unpaired) electrons. The van der Waals surface area contributed by atoms with Gasteiger partial charge in [0.05, 0.1) is 24.1 Å². The van der Waals surface area contributed by atoms with Crippen LogP contribution in [0, 0.1) is 6.57 Å². The predicted molar refractivity (Wildman–Crippen MR) is 187 cm³/mol. The highest BCUT2D eigenvalue weighted by atomic mass is 31.2. The van der Waals surface area contributed by atoms with Crippen molar-refractivity contribution in [1.82, 2.24) is 29.3 Å². The van der Waals surface area contributed by atoms with Crippen molar-refractivity contribution >= 4 is 43.2 Å². The van der Waals surface area contributed by atoms with Gasteiger partial charge in [0, 0.05) is 17.6 Å². The Kier molecular flexibility index (Phi) is 10.1. The monoisotopic (exact) mass is 728 g/mol. The number of hydrogen-bond acceptors (Lipinski definition) is 12. The summed E-state index contributed by atoms with van der Waals surface area (Å²) in [7, 11) is -1.77. The summed E-state index contributed by atoms with van der Waals surface area (Å²) in [5.41, 5.74) is 0.278. The van der Waals surface area contributed by atoms with Gasteiger partial charge in [0.15, 0.2) is 23.2 Å². The largest absolute Gasteiger partial charge is 0.367 e. The van der Waals surface area contributed by atoms with Gasteiger partial charge in [-0.15, -0.1) is 5.06 Å².